The summed E-state index contributed by atoms with van der Waals surface area (Å²) in [7, 11) is 0. The van der Waals surface area contributed by atoms with Gasteiger partial charge in [-0.3, -0.25) is 4.79 Å². The number of aromatic nitrogens is 1. The van der Waals surface area contributed by atoms with Crippen LogP contribution in [-0.2, 0) is 6.54 Å². The number of benzene rings is 1. The van der Waals surface area contributed by atoms with Crippen LogP contribution in [-0.4, -0.2) is 16.3 Å². The highest BCUT2D eigenvalue weighted by Crippen LogP contribution is 2.20. The maximum atomic E-state index is 12.4. The van der Waals surface area contributed by atoms with Gasteiger partial charge in [0.15, 0.2) is 0 Å². The van der Waals surface area contributed by atoms with E-state index in [9.17, 15) is 9.59 Å². The van der Waals surface area contributed by atoms with Crippen molar-refractivity contribution in [2.45, 2.75) is 70.8 Å². The van der Waals surface area contributed by atoms with Crippen molar-refractivity contribution in [1.29, 1.82) is 0 Å². The van der Waals surface area contributed by atoms with E-state index in [1.165, 1.54) is 44.6 Å². The van der Waals surface area contributed by atoms with Gasteiger partial charge < -0.3 is 14.1 Å². The molecule has 1 N–H and O–H groups in total. The van der Waals surface area contributed by atoms with Crippen molar-refractivity contribution in [3.05, 3.63) is 69.4 Å². The Balaban J connectivity index is 1.51. The Bertz CT molecular complexity index is 1050. The maximum absolute atomic E-state index is 12.4. The lowest BCUT2D eigenvalue weighted by atomic mass is 10.1. The Morgan fingerprint density at radius 2 is 1.39 bits per heavy atom. The lowest BCUT2D eigenvalue weighted by Gasteiger charge is -2.08. The summed E-state index contributed by atoms with van der Waals surface area (Å²) in [4.78, 5) is 24.7. The van der Waals surface area contributed by atoms with Crippen LogP contribution in [0.3, 0.4) is 0 Å². The first kappa shape index (κ1) is 23.0. The number of pyridine rings is 1. The molecule has 2 heterocycles. The van der Waals surface area contributed by atoms with E-state index in [1.54, 1.807) is 10.8 Å². The van der Waals surface area contributed by atoms with Crippen molar-refractivity contribution in [3.63, 3.8) is 0 Å². The number of rotatable bonds is 13. The minimum Gasteiger partial charge on any atom is -0.422 e. The number of hydrogen-bond donors (Lipinski definition) is 1. The zero-order valence-electron chi connectivity index (χ0n) is 18.2. The molecule has 3 aromatic rings. The van der Waals surface area contributed by atoms with Crippen molar-refractivity contribution in [2.75, 3.05) is 6.61 Å². The molecule has 0 atom stereocenters. The summed E-state index contributed by atoms with van der Waals surface area (Å²) in [5.74, 6) is 0. The number of aryl methyl sites for hydroxylation is 1. The maximum Gasteiger partial charge on any atom is 0.344 e. The second-order valence-corrected chi connectivity index (χ2v) is 8.20. The van der Waals surface area contributed by atoms with E-state index < -0.39 is 5.63 Å². The molecular weight excluding hydrogens is 390 g/mol. The molecule has 31 heavy (non-hydrogen) atoms. The van der Waals surface area contributed by atoms with Crippen LogP contribution in [0.1, 0.15) is 64.2 Å². The fourth-order valence-corrected chi connectivity index (χ4v) is 3.94. The highest BCUT2D eigenvalue weighted by molar-refractivity contribution is 5.80. The molecule has 0 saturated heterocycles. The van der Waals surface area contributed by atoms with Gasteiger partial charge in [-0.25, -0.2) is 4.79 Å². The molecule has 0 aliphatic carbocycles. The van der Waals surface area contributed by atoms with Crippen LogP contribution in [0.25, 0.3) is 22.1 Å². The molecule has 0 amide bonds. The van der Waals surface area contributed by atoms with Crippen molar-refractivity contribution in [3.8, 4) is 11.1 Å². The Kier molecular flexibility index (Phi) is 9.10. The predicted molar refractivity (Wildman–Crippen MR) is 125 cm³/mol. The SMILES string of the molecule is O=c1oc2cc(=O)n(CCCCCCCCCCCCO)cc2cc1-c1ccccc1. The van der Waals surface area contributed by atoms with Crippen LogP contribution in [0.15, 0.2) is 62.7 Å². The number of hydrogen-bond acceptors (Lipinski definition) is 4. The number of fused-ring (bicyclic) bond motifs is 1. The first-order valence-electron chi connectivity index (χ1n) is 11.5. The van der Waals surface area contributed by atoms with Crippen LogP contribution in [0.2, 0.25) is 0 Å². The second kappa shape index (κ2) is 12.3. The average Bonchev–Trinajstić information content (AvgIpc) is 2.78. The fraction of sp³-hybridized carbons (Fsp3) is 0.462. The van der Waals surface area contributed by atoms with E-state index >= 15 is 0 Å². The molecule has 0 fully saturated rings. The largest absolute Gasteiger partial charge is 0.422 e. The van der Waals surface area contributed by atoms with Gasteiger partial charge in [-0.15, -0.1) is 0 Å². The van der Waals surface area contributed by atoms with Gasteiger partial charge in [0.05, 0.1) is 5.56 Å². The monoisotopic (exact) mass is 423 g/mol. The summed E-state index contributed by atoms with van der Waals surface area (Å²) >= 11 is 0. The van der Waals surface area contributed by atoms with E-state index in [-0.39, 0.29) is 5.56 Å². The van der Waals surface area contributed by atoms with Crippen molar-refractivity contribution in [1.82, 2.24) is 4.57 Å². The quantitative estimate of drug-likeness (QED) is 0.368. The molecule has 0 bridgehead atoms. The molecule has 3 rings (SSSR count). The molecule has 0 spiro atoms. The normalized spacial score (nSPS) is 11.3. The van der Waals surface area contributed by atoms with Crippen LogP contribution in [0, 0.1) is 0 Å². The summed E-state index contributed by atoms with van der Waals surface area (Å²) in [6.07, 6.45) is 13.4. The molecule has 0 aliphatic rings. The number of unbranched alkanes of at least 4 members (excludes halogenated alkanes) is 9. The molecule has 166 valence electrons. The zero-order valence-corrected chi connectivity index (χ0v) is 18.2. The minimum atomic E-state index is -0.427. The molecule has 5 heteroatoms. The minimum absolute atomic E-state index is 0.133. The number of aliphatic hydroxyl groups excluding tert-OH is 1. The highest BCUT2D eigenvalue weighted by atomic mass is 16.4. The first-order valence-corrected chi connectivity index (χ1v) is 11.5. The Morgan fingerprint density at radius 1 is 0.774 bits per heavy atom. The Hall–Kier alpha value is -2.66. The highest BCUT2D eigenvalue weighted by Gasteiger charge is 2.09. The lowest BCUT2D eigenvalue weighted by molar-refractivity contribution is 0.282. The van der Waals surface area contributed by atoms with Crippen LogP contribution in [0.5, 0.6) is 0 Å². The summed E-state index contributed by atoms with van der Waals surface area (Å²) in [5.41, 5.74) is 1.10. The molecule has 5 nitrogen and oxygen atoms in total. The van der Waals surface area contributed by atoms with Gasteiger partial charge in [-0.2, -0.15) is 0 Å². The van der Waals surface area contributed by atoms with E-state index in [4.69, 9.17) is 9.52 Å². The summed E-state index contributed by atoms with van der Waals surface area (Å²) < 4.78 is 7.13. The first-order chi connectivity index (χ1) is 15.2. The Morgan fingerprint density at radius 3 is 2.03 bits per heavy atom. The van der Waals surface area contributed by atoms with Gasteiger partial charge >= 0.3 is 5.63 Å². The van der Waals surface area contributed by atoms with E-state index in [0.717, 1.165) is 36.6 Å². The van der Waals surface area contributed by atoms with Crippen molar-refractivity contribution in [2.24, 2.45) is 0 Å². The topological polar surface area (TPSA) is 72.4 Å². The lowest BCUT2D eigenvalue weighted by Crippen LogP contribution is -2.19. The fourth-order valence-electron chi connectivity index (χ4n) is 3.94. The molecule has 0 radical (unpaired) electrons. The molecular formula is C26H33NO4. The molecule has 2 aromatic heterocycles. The van der Waals surface area contributed by atoms with Crippen LogP contribution >= 0.6 is 0 Å². The number of aliphatic hydroxyl groups is 1. The van der Waals surface area contributed by atoms with Crippen molar-refractivity contribution >= 4 is 11.0 Å². The van der Waals surface area contributed by atoms with Crippen molar-refractivity contribution < 1.29 is 9.52 Å². The second-order valence-electron chi connectivity index (χ2n) is 8.20. The average molecular weight is 424 g/mol. The third kappa shape index (κ3) is 6.93. The van der Waals surface area contributed by atoms with Gasteiger partial charge in [0.1, 0.15) is 5.58 Å². The molecule has 0 aliphatic heterocycles. The van der Waals surface area contributed by atoms with Crippen LogP contribution in [0.4, 0.5) is 0 Å². The molecule has 1 aromatic carbocycles. The smallest absolute Gasteiger partial charge is 0.344 e. The third-order valence-corrected chi connectivity index (χ3v) is 5.73. The van der Waals surface area contributed by atoms with Crippen LogP contribution < -0.4 is 11.2 Å². The zero-order chi connectivity index (χ0) is 21.9. The number of nitrogens with zero attached hydrogens (tertiary/aromatic N) is 1. The van der Waals surface area contributed by atoms with Gasteiger partial charge in [0.25, 0.3) is 5.56 Å². The Labute approximate surface area is 183 Å². The summed E-state index contributed by atoms with van der Waals surface area (Å²) in [6, 6.07) is 12.7. The van der Waals surface area contributed by atoms with Gasteiger partial charge in [-0.05, 0) is 24.5 Å². The molecule has 0 saturated carbocycles. The third-order valence-electron chi connectivity index (χ3n) is 5.73. The van der Waals surface area contributed by atoms with E-state index in [1.807, 2.05) is 36.4 Å². The summed E-state index contributed by atoms with van der Waals surface area (Å²) in [5, 5.41) is 9.54. The van der Waals surface area contributed by atoms with Gasteiger partial charge in [0.2, 0.25) is 0 Å². The van der Waals surface area contributed by atoms with Gasteiger partial charge in [-0.1, -0.05) is 81.7 Å². The molecule has 0 unspecified atom stereocenters. The van der Waals surface area contributed by atoms with Gasteiger partial charge in [0, 0.05) is 30.8 Å². The van der Waals surface area contributed by atoms with E-state index in [0.29, 0.717) is 24.3 Å². The summed E-state index contributed by atoms with van der Waals surface area (Å²) in [6.45, 7) is 0.985. The van der Waals surface area contributed by atoms with E-state index in [2.05, 4.69) is 0 Å². The predicted octanol–water partition coefficient (Wildman–Crippen LogP) is 5.52. The standard InChI is InChI=1S/C26H33NO4/c28-17-13-8-6-4-2-1-3-5-7-12-16-27-20-22-18-23(21-14-10-9-11-15-21)26(30)31-24(22)19-25(27)29/h9-11,14-15,18-20,28H,1-8,12-13,16-17H2.